The van der Waals surface area contributed by atoms with Crippen LogP contribution in [0.1, 0.15) is 43.4 Å². The summed E-state index contributed by atoms with van der Waals surface area (Å²) in [5.41, 5.74) is -0.637. The molecule has 2 saturated heterocycles. The zero-order chi connectivity index (χ0) is 18.9. The largest absolute Gasteiger partial charge is 0.381 e. The van der Waals surface area contributed by atoms with E-state index in [1.165, 1.54) is 4.31 Å². The van der Waals surface area contributed by atoms with Crippen LogP contribution in [0.2, 0.25) is 0 Å². The molecule has 0 amide bonds. The van der Waals surface area contributed by atoms with Crippen molar-refractivity contribution in [1.82, 2.24) is 14.4 Å². The SMILES string of the molecule is COC1(c2noc(C3CCCN3S(=O)(=O)c3ccccc3)n2)CCOCC1. The van der Waals surface area contributed by atoms with E-state index in [0.717, 1.165) is 6.42 Å². The maximum atomic E-state index is 13.0. The van der Waals surface area contributed by atoms with Crippen LogP contribution < -0.4 is 0 Å². The number of hydrogen-bond donors (Lipinski definition) is 0. The van der Waals surface area contributed by atoms with Crippen molar-refractivity contribution in [3.05, 3.63) is 42.0 Å². The fraction of sp³-hybridized carbons (Fsp3) is 0.556. The van der Waals surface area contributed by atoms with E-state index in [1.54, 1.807) is 37.4 Å². The molecule has 0 radical (unpaired) electrons. The summed E-state index contributed by atoms with van der Waals surface area (Å²) in [6.07, 6.45) is 2.67. The molecule has 0 bridgehead atoms. The van der Waals surface area contributed by atoms with Crippen molar-refractivity contribution in [3.8, 4) is 0 Å². The molecule has 1 aromatic heterocycles. The lowest BCUT2D eigenvalue weighted by Crippen LogP contribution is -2.36. The average molecular weight is 393 g/mol. The summed E-state index contributed by atoms with van der Waals surface area (Å²) in [4.78, 5) is 4.82. The number of nitrogens with zero attached hydrogens (tertiary/aromatic N) is 3. The fourth-order valence-corrected chi connectivity index (χ4v) is 5.45. The van der Waals surface area contributed by atoms with Gasteiger partial charge in [0.25, 0.3) is 0 Å². The van der Waals surface area contributed by atoms with E-state index in [2.05, 4.69) is 10.1 Å². The first-order valence-electron chi connectivity index (χ1n) is 9.11. The molecule has 9 heteroatoms. The summed E-state index contributed by atoms with van der Waals surface area (Å²) < 4.78 is 44.2. The normalized spacial score (nSPS) is 23.5. The monoisotopic (exact) mass is 393 g/mol. The van der Waals surface area contributed by atoms with Gasteiger partial charge in [-0.1, -0.05) is 23.4 Å². The second-order valence-electron chi connectivity index (χ2n) is 6.85. The van der Waals surface area contributed by atoms with Crippen LogP contribution in [0.3, 0.4) is 0 Å². The number of aromatic nitrogens is 2. The summed E-state index contributed by atoms with van der Waals surface area (Å²) in [5.74, 6) is 0.789. The molecule has 4 rings (SSSR count). The third kappa shape index (κ3) is 3.29. The van der Waals surface area contributed by atoms with Gasteiger partial charge in [0.15, 0.2) is 0 Å². The Bertz CT molecular complexity index is 877. The van der Waals surface area contributed by atoms with Gasteiger partial charge in [0.1, 0.15) is 11.6 Å². The highest BCUT2D eigenvalue weighted by Gasteiger charge is 2.43. The van der Waals surface area contributed by atoms with Crippen molar-refractivity contribution < 1.29 is 22.4 Å². The van der Waals surface area contributed by atoms with Crippen LogP contribution in [0.4, 0.5) is 0 Å². The lowest BCUT2D eigenvalue weighted by atomic mass is 9.93. The smallest absolute Gasteiger partial charge is 0.245 e. The molecule has 146 valence electrons. The van der Waals surface area contributed by atoms with E-state index in [4.69, 9.17) is 14.0 Å². The first kappa shape index (κ1) is 18.5. The molecule has 0 saturated carbocycles. The van der Waals surface area contributed by atoms with E-state index in [0.29, 0.717) is 50.7 Å². The molecule has 0 aliphatic carbocycles. The standard InChI is InChI=1S/C18H23N3O5S/c1-24-18(9-12-25-13-10-18)17-19-16(26-20-17)15-8-5-11-21(15)27(22,23)14-6-3-2-4-7-14/h2-4,6-7,15H,5,8-13H2,1H3. The van der Waals surface area contributed by atoms with Gasteiger partial charge in [-0.2, -0.15) is 9.29 Å². The summed E-state index contributed by atoms with van der Waals surface area (Å²) in [6, 6.07) is 7.98. The third-order valence-corrected chi connectivity index (χ3v) is 7.30. The van der Waals surface area contributed by atoms with Crippen molar-refractivity contribution in [1.29, 1.82) is 0 Å². The molecular formula is C18H23N3O5S. The number of benzene rings is 1. The van der Waals surface area contributed by atoms with E-state index in [9.17, 15) is 8.42 Å². The molecule has 2 fully saturated rings. The first-order chi connectivity index (χ1) is 13.1. The lowest BCUT2D eigenvalue weighted by molar-refractivity contribution is -0.101. The molecule has 2 aliphatic heterocycles. The summed E-state index contributed by atoms with van der Waals surface area (Å²) in [5, 5.41) is 4.13. The molecule has 0 N–H and O–H groups in total. The maximum Gasteiger partial charge on any atom is 0.245 e. The Morgan fingerprint density at radius 3 is 2.67 bits per heavy atom. The van der Waals surface area contributed by atoms with Gasteiger partial charge in [-0.25, -0.2) is 8.42 Å². The molecule has 2 aliphatic rings. The van der Waals surface area contributed by atoms with Crippen LogP contribution in [0.25, 0.3) is 0 Å². The highest BCUT2D eigenvalue weighted by molar-refractivity contribution is 7.89. The molecule has 8 nitrogen and oxygen atoms in total. The Morgan fingerprint density at radius 2 is 1.96 bits per heavy atom. The summed E-state index contributed by atoms with van der Waals surface area (Å²) >= 11 is 0. The van der Waals surface area contributed by atoms with Crippen LogP contribution >= 0.6 is 0 Å². The highest BCUT2D eigenvalue weighted by atomic mass is 32.2. The van der Waals surface area contributed by atoms with E-state index in [1.807, 2.05) is 0 Å². The van der Waals surface area contributed by atoms with Crippen LogP contribution in [0.5, 0.6) is 0 Å². The lowest BCUT2D eigenvalue weighted by Gasteiger charge is -2.32. The van der Waals surface area contributed by atoms with Gasteiger partial charge in [-0.3, -0.25) is 0 Å². The highest BCUT2D eigenvalue weighted by Crippen LogP contribution is 2.38. The Morgan fingerprint density at radius 1 is 1.22 bits per heavy atom. The van der Waals surface area contributed by atoms with Gasteiger partial charge in [-0.05, 0) is 25.0 Å². The Balaban J connectivity index is 1.63. The number of ether oxygens (including phenoxy) is 2. The average Bonchev–Trinajstić information content (AvgIpc) is 3.39. The maximum absolute atomic E-state index is 13.0. The van der Waals surface area contributed by atoms with Gasteiger partial charge in [-0.15, -0.1) is 0 Å². The van der Waals surface area contributed by atoms with Gasteiger partial charge in [0.2, 0.25) is 21.7 Å². The fourth-order valence-electron chi connectivity index (χ4n) is 3.78. The summed E-state index contributed by atoms with van der Waals surface area (Å²) in [6.45, 7) is 1.56. The summed E-state index contributed by atoms with van der Waals surface area (Å²) in [7, 11) is -1.99. The van der Waals surface area contributed by atoms with Crippen molar-refractivity contribution >= 4 is 10.0 Å². The van der Waals surface area contributed by atoms with Gasteiger partial charge in [0.05, 0.1) is 4.90 Å². The van der Waals surface area contributed by atoms with Crippen LogP contribution in [-0.2, 0) is 25.1 Å². The van der Waals surface area contributed by atoms with Gasteiger partial charge >= 0.3 is 0 Å². The Kier molecular flexibility index (Phi) is 5.02. The second-order valence-corrected chi connectivity index (χ2v) is 8.74. The predicted molar refractivity (Wildman–Crippen MR) is 95.3 cm³/mol. The molecule has 27 heavy (non-hydrogen) atoms. The first-order valence-corrected chi connectivity index (χ1v) is 10.5. The number of methoxy groups -OCH3 is 1. The Labute approximate surface area is 158 Å². The predicted octanol–water partition coefficient (Wildman–Crippen LogP) is 2.25. The van der Waals surface area contributed by atoms with Gasteiger partial charge in [0, 0.05) is 39.7 Å². The molecule has 0 spiro atoms. The molecule has 1 aromatic carbocycles. The van der Waals surface area contributed by atoms with Crippen molar-refractivity contribution in [2.45, 2.75) is 42.2 Å². The van der Waals surface area contributed by atoms with E-state index < -0.39 is 21.7 Å². The van der Waals surface area contributed by atoms with Crippen molar-refractivity contribution in [2.75, 3.05) is 26.9 Å². The van der Waals surface area contributed by atoms with Gasteiger partial charge < -0.3 is 14.0 Å². The second kappa shape index (κ2) is 7.31. The number of rotatable bonds is 5. The van der Waals surface area contributed by atoms with Crippen molar-refractivity contribution in [2.24, 2.45) is 0 Å². The molecule has 3 heterocycles. The number of hydrogen-bond acceptors (Lipinski definition) is 7. The molecule has 2 aromatic rings. The minimum Gasteiger partial charge on any atom is -0.381 e. The van der Waals surface area contributed by atoms with Crippen LogP contribution in [0, 0.1) is 0 Å². The Hall–Kier alpha value is -1.81. The third-order valence-electron chi connectivity index (χ3n) is 5.38. The molecular weight excluding hydrogens is 370 g/mol. The zero-order valence-electron chi connectivity index (χ0n) is 15.2. The van der Waals surface area contributed by atoms with E-state index in [-0.39, 0.29) is 4.90 Å². The quantitative estimate of drug-likeness (QED) is 0.769. The van der Waals surface area contributed by atoms with Crippen molar-refractivity contribution in [3.63, 3.8) is 0 Å². The molecule has 1 unspecified atom stereocenters. The van der Waals surface area contributed by atoms with Crippen LogP contribution in [-0.4, -0.2) is 49.7 Å². The van der Waals surface area contributed by atoms with Crippen LogP contribution in [0.15, 0.2) is 39.8 Å². The molecule has 1 atom stereocenters. The topological polar surface area (TPSA) is 94.8 Å². The minimum absolute atomic E-state index is 0.273. The van der Waals surface area contributed by atoms with E-state index >= 15 is 0 Å². The zero-order valence-corrected chi connectivity index (χ0v) is 16.0. The minimum atomic E-state index is -3.62. The number of sulfonamides is 1.